The Morgan fingerprint density at radius 1 is 0.857 bits per heavy atom. The van der Waals surface area contributed by atoms with Crippen LogP contribution in [0, 0.1) is 0 Å². The smallest absolute Gasteiger partial charge is 0.188 e. The lowest BCUT2D eigenvalue weighted by atomic mass is 9.97. The quantitative estimate of drug-likeness (QED) is 0.875. The molecule has 0 N–H and O–H groups in total. The lowest BCUT2D eigenvalue weighted by Crippen LogP contribution is -2.30. The zero-order valence-corrected chi connectivity index (χ0v) is 12.3. The van der Waals surface area contributed by atoms with Crippen LogP contribution >= 0.6 is 0 Å². The molecule has 0 unspecified atom stereocenters. The highest BCUT2D eigenvalue weighted by molar-refractivity contribution is 7.92. The van der Waals surface area contributed by atoms with Crippen molar-refractivity contribution in [3.63, 3.8) is 0 Å². The van der Waals surface area contributed by atoms with Gasteiger partial charge >= 0.3 is 0 Å². The lowest BCUT2D eigenvalue weighted by Gasteiger charge is -2.19. The fraction of sp³-hybridized carbons (Fsp3) is 0.235. The number of ketones is 1. The van der Waals surface area contributed by atoms with Gasteiger partial charge in [0.15, 0.2) is 15.6 Å². The standard InChI is InChI=1S/C17H16O3S/c18-16-12-11-15(13-7-3-1-4-8-13)17(16)21(19,20)14-9-5-2-6-10-14/h1-10,15,17H,11-12H2/t15-,17-/m1/s1. The molecule has 1 aliphatic rings. The molecule has 0 saturated heterocycles. The third-order valence-electron chi connectivity index (χ3n) is 4.02. The van der Waals surface area contributed by atoms with Crippen LogP contribution in [0.4, 0.5) is 0 Å². The average molecular weight is 300 g/mol. The minimum atomic E-state index is -3.63. The molecule has 0 spiro atoms. The summed E-state index contributed by atoms with van der Waals surface area (Å²) in [7, 11) is -3.63. The van der Waals surface area contributed by atoms with Crippen LogP contribution in [0.3, 0.4) is 0 Å². The van der Waals surface area contributed by atoms with Crippen molar-refractivity contribution in [2.75, 3.05) is 0 Å². The zero-order chi connectivity index (χ0) is 14.9. The number of rotatable bonds is 3. The van der Waals surface area contributed by atoms with Crippen LogP contribution in [0.25, 0.3) is 0 Å². The predicted octanol–water partition coefficient (Wildman–Crippen LogP) is 2.98. The van der Waals surface area contributed by atoms with Gasteiger partial charge in [0.1, 0.15) is 5.25 Å². The van der Waals surface area contributed by atoms with E-state index in [0.29, 0.717) is 12.8 Å². The van der Waals surface area contributed by atoms with E-state index in [-0.39, 0.29) is 16.6 Å². The van der Waals surface area contributed by atoms with Crippen molar-refractivity contribution in [1.29, 1.82) is 0 Å². The van der Waals surface area contributed by atoms with Crippen molar-refractivity contribution in [3.8, 4) is 0 Å². The molecule has 2 aromatic rings. The summed E-state index contributed by atoms with van der Waals surface area (Å²) < 4.78 is 25.6. The van der Waals surface area contributed by atoms with Gasteiger partial charge in [-0.3, -0.25) is 4.79 Å². The van der Waals surface area contributed by atoms with E-state index in [1.165, 1.54) is 0 Å². The Morgan fingerprint density at radius 3 is 2.05 bits per heavy atom. The largest absolute Gasteiger partial charge is 0.298 e. The number of Topliss-reactive ketones (excluding diaryl/α,β-unsaturated/α-hetero) is 1. The van der Waals surface area contributed by atoms with Gasteiger partial charge in [0.2, 0.25) is 0 Å². The normalized spacial score (nSPS) is 22.4. The van der Waals surface area contributed by atoms with Crippen LogP contribution in [0.5, 0.6) is 0 Å². The number of hydrogen-bond acceptors (Lipinski definition) is 3. The number of carbonyl (C=O) groups is 1. The first-order valence-corrected chi connectivity index (χ1v) is 8.52. The monoisotopic (exact) mass is 300 g/mol. The molecule has 0 aromatic heterocycles. The highest BCUT2D eigenvalue weighted by Gasteiger charge is 2.45. The summed E-state index contributed by atoms with van der Waals surface area (Å²) in [5.41, 5.74) is 0.924. The van der Waals surface area contributed by atoms with Crippen LogP contribution in [0.15, 0.2) is 65.6 Å². The molecule has 21 heavy (non-hydrogen) atoms. The predicted molar refractivity (Wildman–Crippen MR) is 80.8 cm³/mol. The Morgan fingerprint density at radius 2 is 1.43 bits per heavy atom. The van der Waals surface area contributed by atoms with Gasteiger partial charge in [0.05, 0.1) is 4.90 Å². The van der Waals surface area contributed by atoms with E-state index in [0.717, 1.165) is 5.56 Å². The molecule has 2 aromatic carbocycles. The summed E-state index contributed by atoms with van der Waals surface area (Å²) in [6.07, 6.45) is 0.926. The topological polar surface area (TPSA) is 51.2 Å². The summed E-state index contributed by atoms with van der Waals surface area (Å²) >= 11 is 0. The van der Waals surface area contributed by atoms with Gasteiger partial charge in [-0.25, -0.2) is 8.42 Å². The molecule has 0 radical (unpaired) electrons. The number of carbonyl (C=O) groups excluding carboxylic acids is 1. The minimum absolute atomic E-state index is 0.173. The van der Waals surface area contributed by atoms with Crippen molar-refractivity contribution in [3.05, 3.63) is 66.2 Å². The molecule has 1 fully saturated rings. The molecule has 3 nitrogen and oxygen atoms in total. The second kappa shape index (κ2) is 5.45. The summed E-state index contributed by atoms with van der Waals surface area (Å²) in [5, 5.41) is -0.956. The summed E-state index contributed by atoms with van der Waals surface area (Å²) in [5.74, 6) is -0.420. The molecular weight excluding hydrogens is 284 g/mol. The third-order valence-corrected chi connectivity index (χ3v) is 6.21. The molecule has 2 atom stereocenters. The number of benzene rings is 2. The van der Waals surface area contributed by atoms with Crippen LogP contribution in [0.2, 0.25) is 0 Å². The maximum Gasteiger partial charge on any atom is 0.188 e. The average Bonchev–Trinajstić information content (AvgIpc) is 2.91. The first-order valence-electron chi connectivity index (χ1n) is 6.97. The maximum atomic E-state index is 12.8. The van der Waals surface area contributed by atoms with E-state index in [4.69, 9.17) is 0 Å². The van der Waals surface area contributed by atoms with Gasteiger partial charge in [-0.1, -0.05) is 48.5 Å². The molecule has 0 amide bonds. The Bertz CT molecular complexity index is 736. The highest BCUT2D eigenvalue weighted by Crippen LogP contribution is 2.38. The van der Waals surface area contributed by atoms with Gasteiger partial charge in [-0.15, -0.1) is 0 Å². The van der Waals surface area contributed by atoms with E-state index in [9.17, 15) is 13.2 Å². The SMILES string of the molecule is O=C1CC[C@H](c2ccccc2)[C@H]1S(=O)(=O)c1ccccc1. The molecule has 0 bridgehead atoms. The van der Waals surface area contributed by atoms with Crippen molar-refractivity contribution in [1.82, 2.24) is 0 Å². The van der Waals surface area contributed by atoms with Crippen molar-refractivity contribution >= 4 is 15.6 Å². The van der Waals surface area contributed by atoms with Crippen LogP contribution in [0.1, 0.15) is 24.3 Å². The van der Waals surface area contributed by atoms with Crippen molar-refractivity contribution in [2.24, 2.45) is 0 Å². The Balaban J connectivity index is 2.05. The summed E-state index contributed by atoms with van der Waals surface area (Å²) in [6, 6.07) is 17.7. The molecule has 3 rings (SSSR count). The molecule has 4 heteroatoms. The lowest BCUT2D eigenvalue weighted by molar-refractivity contribution is -0.117. The maximum absolute atomic E-state index is 12.8. The van der Waals surface area contributed by atoms with E-state index in [1.807, 2.05) is 30.3 Å². The van der Waals surface area contributed by atoms with Gasteiger partial charge in [0.25, 0.3) is 0 Å². The van der Waals surface area contributed by atoms with Crippen LogP contribution < -0.4 is 0 Å². The second-order valence-electron chi connectivity index (χ2n) is 5.30. The van der Waals surface area contributed by atoms with Gasteiger partial charge in [0, 0.05) is 12.3 Å². The highest BCUT2D eigenvalue weighted by atomic mass is 32.2. The van der Waals surface area contributed by atoms with Crippen LogP contribution in [-0.2, 0) is 14.6 Å². The Hall–Kier alpha value is -1.94. The Labute approximate surface area is 124 Å². The van der Waals surface area contributed by atoms with E-state index < -0.39 is 15.1 Å². The molecule has 1 aliphatic carbocycles. The summed E-state index contributed by atoms with van der Waals surface area (Å²) in [4.78, 5) is 12.4. The zero-order valence-electron chi connectivity index (χ0n) is 11.5. The van der Waals surface area contributed by atoms with Gasteiger partial charge in [-0.2, -0.15) is 0 Å². The Kier molecular flexibility index (Phi) is 3.64. The number of sulfone groups is 1. The van der Waals surface area contributed by atoms with Crippen molar-refractivity contribution < 1.29 is 13.2 Å². The van der Waals surface area contributed by atoms with Crippen LogP contribution in [-0.4, -0.2) is 19.5 Å². The fourth-order valence-corrected chi connectivity index (χ4v) is 5.02. The fourth-order valence-electron chi connectivity index (χ4n) is 3.00. The third kappa shape index (κ3) is 2.51. The van der Waals surface area contributed by atoms with E-state index >= 15 is 0 Å². The van der Waals surface area contributed by atoms with Gasteiger partial charge in [-0.05, 0) is 24.1 Å². The molecule has 0 aliphatic heterocycles. The molecule has 0 heterocycles. The molecule has 1 saturated carbocycles. The molecule has 108 valence electrons. The van der Waals surface area contributed by atoms with E-state index in [1.54, 1.807) is 30.3 Å². The summed E-state index contributed by atoms with van der Waals surface area (Å²) in [6.45, 7) is 0. The van der Waals surface area contributed by atoms with E-state index in [2.05, 4.69) is 0 Å². The molecular formula is C17H16O3S. The number of hydrogen-bond donors (Lipinski definition) is 0. The second-order valence-corrected chi connectivity index (χ2v) is 7.37. The minimum Gasteiger partial charge on any atom is -0.298 e. The first-order chi connectivity index (χ1) is 10.1. The first kappa shape index (κ1) is 14.0. The van der Waals surface area contributed by atoms with Crippen molar-refractivity contribution in [2.45, 2.75) is 28.9 Å². The van der Waals surface area contributed by atoms with Gasteiger partial charge < -0.3 is 0 Å².